The standard InChI is InChI=1S/C21H20N2O5/c1-12(14-7-4-3-5-8-14)18-13(2)17(20(26)21(22)27)19-15(28-11-16(24)25)9-6-10-23(18)19/h3-10,12H,11H2,1-2H3,(H2,22,27)(H,24,25). The van der Waals surface area contributed by atoms with Crippen molar-refractivity contribution in [2.45, 2.75) is 19.8 Å². The van der Waals surface area contributed by atoms with Gasteiger partial charge in [-0.3, -0.25) is 9.59 Å². The van der Waals surface area contributed by atoms with Gasteiger partial charge >= 0.3 is 5.97 Å². The van der Waals surface area contributed by atoms with Crippen LogP contribution in [-0.4, -0.2) is 33.8 Å². The molecule has 0 aliphatic heterocycles. The summed E-state index contributed by atoms with van der Waals surface area (Å²) < 4.78 is 7.14. The van der Waals surface area contributed by atoms with E-state index >= 15 is 0 Å². The number of ketones is 1. The van der Waals surface area contributed by atoms with Gasteiger partial charge in [-0.15, -0.1) is 0 Å². The highest BCUT2D eigenvalue weighted by Gasteiger charge is 2.28. The van der Waals surface area contributed by atoms with Crippen LogP contribution < -0.4 is 10.5 Å². The quantitative estimate of drug-likeness (QED) is 0.483. The molecule has 3 rings (SSSR count). The lowest BCUT2D eigenvalue weighted by atomic mass is 9.94. The lowest BCUT2D eigenvalue weighted by Gasteiger charge is -2.15. The Kier molecular flexibility index (Phi) is 5.17. The van der Waals surface area contributed by atoms with Crippen molar-refractivity contribution in [3.05, 3.63) is 71.0 Å². The molecule has 1 amide bonds. The van der Waals surface area contributed by atoms with Crippen molar-refractivity contribution in [1.82, 2.24) is 4.40 Å². The molecule has 1 unspecified atom stereocenters. The number of fused-ring (bicyclic) bond motifs is 1. The molecule has 144 valence electrons. The molecular weight excluding hydrogens is 360 g/mol. The number of nitrogens with two attached hydrogens (primary N) is 1. The van der Waals surface area contributed by atoms with Gasteiger partial charge in [-0.2, -0.15) is 0 Å². The number of aliphatic carboxylic acids is 1. The highest BCUT2D eigenvalue weighted by molar-refractivity contribution is 6.44. The fraction of sp³-hybridized carbons (Fsp3) is 0.190. The lowest BCUT2D eigenvalue weighted by molar-refractivity contribution is -0.139. The van der Waals surface area contributed by atoms with Crippen molar-refractivity contribution in [2.75, 3.05) is 6.61 Å². The number of carboxylic acids is 1. The van der Waals surface area contributed by atoms with E-state index in [2.05, 4.69) is 0 Å². The van der Waals surface area contributed by atoms with Gasteiger partial charge in [-0.1, -0.05) is 37.3 Å². The third-order valence-corrected chi connectivity index (χ3v) is 4.72. The number of hydrogen-bond acceptors (Lipinski definition) is 4. The summed E-state index contributed by atoms with van der Waals surface area (Å²) >= 11 is 0. The monoisotopic (exact) mass is 380 g/mol. The van der Waals surface area contributed by atoms with Gasteiger partial charge in [0.25, 0.3) is 11.7 Å². The second-order valence-electron chi connectivity index (χ2n) is 6.48. The molecule has 0 aliphatic carbocycles. The molecule has 1 atom stereocenters. The molecule has 0 saturated heterocycles. The van der Waals surface area contributed by atoms with E-state index in [1.807, 2.05) is 37.3 Å². The van der Waals surface area contributed by atoms with E-state index in [1.165, 1.54) is 0 Å². The average Bonchev–Trinajstić information content (AvgIpc) is 2.98. The minimum Gasteiger partial charge on any atom is -0.480 e. The van der Waals surface area contributed by atoms with E-state index in [0.717, 1.165) is 11.3 Å². The fourth-order valence-electron chi connectivity index (χ4n) is 3.51. The maximum atomic E-state index is 12.6. The Morgan fingerprint density at radius 2 is 1.82 bits per heavy atom. The van der Waals surface area contributed by atoms with Crippen LogP contribution in [0.3, 0.4) is 0 Å². The summed E-state index contributed by atoms with van der Waals surface area (Å²) in [7, 11) is 0. The van der Waals surface area contributed by atoms with Crippen LogP contribution in [0.2, 0.25) is 0 Å². The van der Waals surface area contributed by atoms with Crippen molar-refractivity contribution in [3.63, 3.8) is 0 Å². The van der Waals surface area contributed by atoms with Crippen molar-refractivity contribution in [1.29, 1.82) is 0 Å². The third kappa shape index (κ3) is 3.34. The topological polar surface area (TPSA) is 111 Å². The van der Waals surface area contributed by atoms with E-state index < -0.39 is 24.3 Å². The van der Waals surface area contributed by atoms with Crippen LogP contribution in [0.4, 0.5) is 0 Å². The predicted octanol–water partition coefficient (Wildman–Crippen LogP) is 2.53. The summed E-state index contributed by atoms with van der Waals surface area (Å²) in [6.45, 7) is 3.17. The number of carbonyl (C=O) groups excluding carboxylic acids is 2. The van der Waals surface area contributed by atoms with Gasteiger partial charge in [-0.25, -0.2) is 4.79 Å². The van der Waals surface area contributed by atoms with Gasteiger partial charge in [0.15, 0.2) is 6.61 Å². The predicted molar refractivity (Wildman–Crippen MR) is 103 cm³/mol. The Balaban J connectivity index is 2.29. The van der Waals surface area contributed by atoms with E-state index in [0.29, 0.717) is 11.1 Å². The number of carbonyl (C=O) groups is 3. The highest BCUT2D eigenvalue weighted by Crippen LogP contribution is 2.36. The Morgan fingerprint density at radius 3 is 2.43 bits per heavy atom. The number of carboxylic acid groups (broad SMARTS) is 1. The number of benzene rings is 1. The summed E-state index contributed by atoms with van der Waals surface area (Å²) in [4.78, 5) is 35.2. The maximum absolute atomic E-state index is 12.6. The van der Waals surface area contributed by atoms with Gasteiger partial charge in [0.2, 0.25) is 0 Å². The largest absolute Gasteiger partial charge is 0.480 e. The maximum Gasteiger partial charge on any atom is 0.341 e. The van der Waals surface area contributed by atoms with Gasteiger partial charge in [-0.05, 0) is 30.2 Å². The molecule has 0 radical (unpaired) electrons. The van der Waals surface area contributed by atoms with E-state index in [9.17, 15) is 14.4 Å². The first kappa shape index (κ1) is 19.2. The first-order valence-corrected chi connectivity index (χ1v) is 8.70. The summed E-state index contributed by atoms with van der Waals surface area (Å²) in [6.07, 6.45) is 1.75. The van der Waals surface area contributed by atoms with Crippen LogP contribution in [0.15, 0.2) is 48.7 Å². The number of aromatic nitrogens is 1. The van der Waals surface area contributed by atoms with Crippen LogP contribution >= 0.6 is 0 Å². The molecule has 3 aromatic rings. The molecule has 2 heterocycles. The van der Waals surface area contributed by atoms with E-state index in [-0.39, 0.29) is 17.2 Å². The smallest absolute Gasteiger partial charge is 0.341 e. The summed E-state index contributed by atoms with van der Waals surface area (Å²) in [5.41, 5.74) is 8.16. The first-order chi connectivity index (χ1) is 13.3. The Bertz CT molecular complexity index is 1070. The molecule has 1 aromatic carbocycles. The lowest BCUT2D eigenvalue weighted by Crippen LogP contribution is -2.23. The molecule has 7 heteroatoms. The van der Waals surface area contributed by atoms with Crippen LogP contribution in [0.25, 0.3) is 5.52 Å². The van der Waals surface area contributed by atoms with Crippen molar-refractivity contribution in [3.8, 4) is 5.75 Å². The molecule has 0 saturated carbocycles. The summed E-state index contributed by atoms with van der Waals surface area (Å²) in [6, 6.07) is 13.0. The zero-order chi connectivity index (χ0) is 20.4. The third-order valence-electron chi connectivity index (χ3n) is 4.72. The second kappa shape index (κ2) is 7.56. The van der Waals surface area contributed by atoms with E-state index in [4.69, 9.17) is 15.6 Å². The molecule has 0 aliphatic rings. The minimum absolute atomic E-state index is 0.0992. The van der Waals surface area contributed by atoms with Gasteiger partial charge < -0.3 is 20.0 Å². The number of pyridine rings is 1. The summed E-state index contributed by atoms with van der Waals surface area (Å²) in [5.74, 6) is -2.97. The minimum atomic E-state index is -1.15. The molecule has 28 heavy (non-hydrogen) atoms. The zero-order valence-corrected chi connectivity index (χ0v) is 15.5. The average molecular weight is 380 g/mol. The highest BCUT2D eigenvalue weighted by atomic mass is 16.5. The Morgan fingerprint density at radius 1 is 1.14 bits per heavy atom. The van der Waals surface area contributed by atoms with Crippen LogP contribution in [0.5, 0.6) is 5.75 Å². The number of hydrogen-bond donors (Lipinski definition) is 2. The normalized spacial score (nSPS) is 11.9. The van der Waals surface area contributed by atoms with Crippen molar-refractivity contribution in [2.24, 2.45) is 5.73 Å². The van der Waals surface area contributed by atoms with Gasteiger partial charge in [0, 0.05) is 17.8 Å². The van der Waals surface area contributed by atoms with Crippen LogP contribution in [0.1, 0.15) is 40.0 Å². The fourth-order valence-corrected chi connectivity index (χ4v) is 3.51. The molecular formula is C21H20N2O5. The van der Waals surface area contributed by atoms with Gasteiger partial charge in [0.05, 0.1) is 11.1 Å². The molecule has 0 spiro atoms. The molecule has 2 aromatic heterocycles. The van der Waals surface area contributed by atoms with E-state index in [1.54, 1.807) is 29.7 Å². The van der Waals surface area contributed by atoms with Gasteiger partial charge in [0.1, 0.15) is 5.75 Å². The van der Waals surface area contributed by atoms with Crippen molar-refractivity contribution >= 4 is 23.2 Å². The number of rotatable bonds is 7. The molecule has 0 bridgehead atoms. The van der Waals surface area contributed by atoms with Crippen molar-refractivity contribution < 1.29 is 24.2 Å². The zero-order valence-electron chi connectivity index (χ0n) is 15.5. The first-order valence-electron chi connectivity index (χ1n) is 8.70. The molecule has 7 nitrogen and oxygen atoms in total. The van der Waals surface area contributed by atoms with Crippen LogP contribution in [-0.2, 0) is 9.59 Å². The molecule has 0 fully saturated rings. The SMILES string of the molecule is Cc1c(C(=O)C(N)=O)c2c(OCC(=O)O)cccn2c1C(C)c1ccccc1. The number of Topliss-reactive ketones (excluding diaryl/α,β-unsaturated/α-hetero) is 1. The number of amides is 1. The van der Waals surface area contributed by atoms with Crippen LogP contribution in [0, 0.1) is 6.92 Å². The number of primary amides is 1. The number of ether oxygens (including phenoxy) is 1. The summed E-state index contributed by atoms with van der Waals surface area (Å²) in [5, 5.41) is 8.94. The second-order valence-corrected chi connectivity index (χ2v) is 6.48. The Hall–Kier alpha value is -3.61. The molecule has 3 N–H and O–H groups in total. The number of nitrogens with zero attached hydrogens (tertiary/aromatic N) is 1. The Labute approximate surface area is 161 Å².